The minimum atomic E-state index is -0.303. The summed E-state index contributed by atoms with van der Waals surface area (Å²) in [5, 5.41) is 0.738. The number of benzene rings is 1. The summed E-state index contributed by atoms with van der Waals surface area (Å²) in [6, 6.07) is 7.42. The number of ether oxygens (including phenoxy) is 1. The number of hydrogen-bond donors (Lipinski definition) is 0. The molecule has 17 heavy (non-hydrogen) atoms. The van der Waals surface area contributed by atoms with Gasteiger partial charge in [-0.3, -0.25) is 4.99 Å². The Morgan fingerprint density at radius 2 is 2.06 bits per heavy atom. The molecular weight excluding hydrogens is 238 g/mol. The molecule has 0 aliphatic carbocycles. The van der Waals surface area contributed by atoms with Crippen molar-refractivity contribution in [2.75, 3.05) is 6.61 Å². The van der Waals surface area contributed by atoms with Crippen LogP contribution in [0.25, 0.3) is 0 Å². The van der Waals surface area contributed by atoms with Crippen LogP contribution in [0.4, 0.5) is 0 Å². The Hall–Kier alpha value is -1.35. The Labute approximate surface area is 105 Å². The Balaban J connectivity index is 1.76. The average Bonchev–Trinajstić information content (AvgIpc) is 3.08. The number of esters is 1. The fourth-order valence-electron chi connectivity index (χ4n) is 1.66. The average molecular weight is 252 g/mol. The van der Waals surface area contributed by atoms with Gasteiger partial charge in [-0.1, -0.05) is 23.7 Å². The fraction of sp³-hybridized carbons (Fsp3) is 0.385. The van der Waals surface area contributed by atoms with Crippen LogP contribution in [-0.2, 0) is 16.0 Å². The third kappa shape index (κ3) is 3.30. The molecule has 1 aliphatic heterocycles. The van der Waals surface area contributed by atoms with E-state index in [-0.39, 0.29) is 12.0 Å². The van der Waals surface area contributed by atoms with Crippen LogP contribution >= 0.6 is 11.6 Å². The first-order valence-corrected chi connectivity index (χ1v) is 6.06. The van der Waals surface area contributed by atoms with Gasteiger partial charge >= 0.3 is 5.97 Å². The van der Waals surface area contributed by atoms with Crippen molar-refractivity contribution in [2.45, 2.75) is 25.8 Å². The zero-order chi connectivity index (χ0) is 12.3. The second-order valence-corrected chi connectivity index (χ2v) is 4.34. The summed E-state index contributed by atoms with van der Waals surface area (Å²) in [5.74, 6) is -0.224. The maximum absolute atomic E-state index is 11.3. The van der Waals surface area contributed by atoms with Crippen molar-refractivity contribution in [1.82, 2.24) is 0 Å². The second kappa shape index (κ2) is 5.32. The maximum atomic E-state index is 11.3. The zero-order valence-corrected chi connectivity index (χ0v) is 10.4. The van der Waals surface area contributed by atoms with Gasteiger partial charge in [0.2, 0.25) is 0 Å². The molecule has 2 rings (SSSR count). The lowest BCUT2D eigenvalue weighted by atomic mass is 10.1. The Kier molecular flexibility index (Phi) is 3.79. The number of halogens is 1. The maximum Gasteiger partial charge on any atom is 0.336 e. The fourth-order valence-corrected chi connectivity index (χ4v) is 1.79. The van der Waals surface area contributed by atoms with Gasteiger partial charge < -0.3 is 4.74 Å². The first kappa shape index (κ1) is 12.1. The predicted molar refractivity (Wildman–Crippen MR) is 67.6 cm³/mol. The van der Waals surface area contributed by atoms with E-state index < -0.39 is 0 Å². The number of hydrogen-bond acceptors (Lipinski definition) is 3. The van der Waals surface area contributed by atoms with Crippen molar-refractivity contribution in [2.24, 2.45) is 4.99 Å². The van der Waals surface area contributed by atoms with Crippen LogP contribution in [0.3, 0.4) is 0 Å². The summed E-state index contributed by atoms with van der Waals surface area (Å²) in [6.45, 7) is 2.21. The predicted octanol–water partition coefficient (Wildman–Crippen LogP) is 2.66. The lowest BCUT2D eigenvalue weighted by Crippen LogP contribution is -2.16. The molecule has 0 amide bonds. The van der Waals surface area contributed by atoms with Gasteiger partial charge in [0.15, 0.2) is 6.04 Å². The van der Waals surface area contributed by atoms with E-state index in [1.165, 1.54) is 5.56 Å². The zero-order valence-electron chi connectivity index (χ0n) is 9.65. The third-order valence-electron chi connectivity index (χ3n) is 2.64. The molecule has 0 aromatic heterocycles. The summed E-state index contributed by atoms with van der Waals surface area (Å²) < 4.78 is 4.89. The summed E-state index contributed by atoms with van der Waals surface area (Å²) >= 11 is 5.80. The van der Waals surface area contributed by atoms with Crippen LogP contribution in [0.5, 0.6) is 0 Å². The molecule has 0 saturated heterocycles. The Morgan fingerprint density at radius 1 is 1.35 bits per heavy atom. The molecule has 1 aromatic carbocycles. The normalized spacial score (nSPS) is 17.5. The monoisotopic (exact) mass is 251 g/mol. The number of carbonyl (C=O) groups excluding carboxylic acids is 1. The standard InChI is InChI=1S/C13H14ClNO2/c1-2-17-13(16)12-11(15-12)8-5-9-3-6-10(14)7-4-9/h3-4,6-7,12H,2,5,8H2,1H3. The minimum absolute atomic E-state index is 0.224. The summed E-state index contributed by atoms with van der Waals surface area (Å²) in [5.41, 5.74) is 2.14. The molecule has 3 nitrogen and oxygen atoms in total. The molecule has 1 heterocycles. The van der Waals surface area contributed by atoms with Gasteiger partial charge in [-0.25, -0.2) is 4.79 Å². The molecule has 1 atom stereocenters. The van der Waals surface area contributed by atoms with E-state index in [2.05, 4.69) is 4.99 Å². The summed E-state index contributed by atoms with van der Waals surface area (Å²) in [6.07, 6.45) is 1.69. The van der Waals surface area contributed by atoms with E-state index in [4.69, 9.17) is 16.3 Å². The van der Waals surface area contributed by atoms with Gasteiger partial charge in [0.05, 0.1) is 12.3 Å². The molecular formula is C13H14ClNO2. The molecule has 1 aromatic rings. The van der Waals surface area contributed by atoms with Crippen molar-refractivity contribution in [3.8, 4) is 0 Å². The van der Waals surface area contributed by atoms with Crippen LogP contribution in [0.1, 0.15) is 18.9 Å². The van der Waals surface area contributed by atoms with Crippen LogP contribution in [0, 0.1) is 0 Å². The lowest BCUT2D eigenvalue weighted by molar-refractivity contribution is -0.142. The third-order valence-corrected chi connectivity index (χ3v) is 2.89. The highest BCUT2D eigenvalue weighted by atomic mass is 35.5. The van der Waals surface area contributed by atoms with Crippen LogP contribution < -0.4 is 0 Å². The number of rotatable bonds is 5. The summed E-state index contributed by atoms with van der Waals surface area (Å²) in [7, 11) is 0. The van der Waals surface area contributed by atoms with Crippen LogP contribution in [-0.4, -0.2) is 24.3 Å². The topological polar surface area (TPSA) is 38.7 Å². The number of aryl methyl sites for hydroxylation is 1. The Morgan fingerprint density at radius 3 is 2.71 bits per heavy atom. The molecule has 1 unspecified atom stereocenters. The van der Waals surface area contributed by atoms with Gasteiger partial charge in [-0.05, 0) is 37.5 Å². The van der Waals surface area contributed by atoms with Crippen LogP contribution in [0.2, 0.25) is 5.02 Å². The van der Waals surface area contributed by atoms with Gasteiger partial charge in [0, 0.05) is 5.02 Å². The number of nitrogens with zero attached hydrogens (tertiary/aromatic N) is 1. The van der Waals surface area contributed by atoms with Crippen molar-refractivity contribution < 1.29 is 9.53 Å². The van der Waals surface area contributed by atoms with Crippen molar-refractivity contribution in [1.29, 1.82) is 0 Å². The largest absolute Gasteiger partial charge is 0.464 e. The van der Waals surface area contributed by atoms with Gasteiger partial charge in [-0.2, -0.15) is 0 Å². The van der Waals surface area contributed by atoms with Gasteiger partial charge in [0.25, 0.3) is 0 Å². The van der Waals surface area contributed by atoms with Crippen molar-refractivity contribution in [3.05, 3.63) is 34.9 Å². The van der Waals surface area contributed by atoms with Crippen molar-refractivity contribution >= 4 is 23.3 Å². The number of carbonyl (C=O) groups is 1. The first-order valence-electron chi connectivity index (χ1n) is 5.68. The van der Waals surface area contributed by atoms with Gasteiger partial charge in [-0.15, -0.1) is 0 Å². The molecule has 0 fully saturated rings. The van der Waals surface area contributed by atoms with E-state index in [0.29, 0.717) is 6.61 Å². The highest BCUT2D eigenvalue weighted by molar-refractivity contribution is 6.30. The van der Waals surface area contributed by atoms with E-state index in [1.807, 2.05) is 24.3 Å². The number of aliphatic imine (C=N–C) groups is 1. The first-order chi connectivity index (χ1) is 8.20. The molecule has 0 N–H and O–H groups in total. The van der Waals surface area contributed by atoms with Gasteiger partial charge in [0.1, 0.15) is 0 Å². The van der Waals surface area contributed by atoms with Crippen LogP contribution in [0.15, 0.2) is 29.3 Å². The highest BCUT2D eigenvalue weighted by Crippen LogP contribution is 2.19. The van der Waals surface area contributed by atoms with E-state index in [9.17, 15) is 4.79 Å². The van der Waals surface area contributed by atoms with E-state index >= 15 is 0 Å². The van der Waals surface area contributed by atoms with Crippen molar-refractivity contribution in [3.63, 3.8) is 0 Å². The molecule has 0 saturated carbocycles. The van der Waals surface area contributed by atoms with E-state index in [0.717, 1.165) is 23.6 Å². The SMILES string of the molecule is CCOC(=O)C1N=C1CCc1ccc(Cl)cc1. The molecule has 0 bridgehead atoms. The second-order valence-electron chi connectivity index (χ2n) is 3.90. The quantitative estimate of drug-likeness (QED) is 0.755. The summed E-state index contributed by atoms with van der Waals surface area (Å²) in [4.78, 5) is 15.4. The molecule has 0 spiro atoms. The van der Waals surface area contributed by atoms with E-state index in [1.54, 1.807) is 6.92 Å². The minimum Gasteiger partial charge on any atom is -0.464 e. The molecule has 90 valence electrons. The molecule has 1 aliphatic rings. The highest BCUT2D eigenvalue weighted by Gasteiger charge is 2.35. The Bertz CT molecular complexity index is 439. The molecule has 0 radical (unpaired) electrons. The molecule has 4 heteroatoms. The smallest absolute Gasteiger partial charge is 0.336 e. The lowest BCUT2D eigenvalue weighted by Gasteiger charge is -2.00.